The first kappa shape index (κ1) is 20.4. The van der Waals surface area contributed by atoms with Crippen LogP contribution in [0.5, 0.6) is 16.6 Å². The van der Waals surface area contributed by atoms with Crippen LogP contribution in [0, 0.1) is 5.82 Å². The maximum absolute atomic E-state index is 13.2. The predicted octanol–water partition coefficient (Wildman–Crippen LogP) is 5.64. The summed E-state index contributed by atoms with van der Waals surface area (Å²) in [5.41, 5.74) is 0.338. The van der Waals surface area contributed by atoms with Gasteiger partial charge in [0.25, 0.3) is 0 Å². The van der Waals surface area contributed by atoms with E-state index in [2.05, 4.69) is 15.0 Å². The van der Waals surface area contributed by atoms with Crippen LogP contribution in [-0.2, 0) is 0 Å². The molecule has 2 aromatic carbocycles. The van der Waals surface area contributed by atoms with Gasteiger partial charge in [0.05, 0.1) is 6.20 Å². The number of ether oxygens (including phenoxy) is 2. The maximum atomic E-state index is 13.2. The summed E-state index contributed by atoms with van der Waals surface area (Å²) in [5, 5.41) is 3.10. The van der Waals surface area contributed by atoms with Crippen molar-refractivity contribution >= 4 is 28.2 Å². The van der Waals surface area contributed by atoms with Crippen LogP contribution in [0.1, 0.15) is 0 Å². The third-order valence-electron chi connectivity index (χ3n) is 3.48. The number of rotatable bonds is 5. The molecule has 29 heavy (non-hydrogen) atoms. The molecule has 1 aromatic heterocycles. The number of nitrogens with zero attached hydrogens (tertiary/aromatic N) is 2. The first-order valence-corrected chi connectivity index (χ1v) is 8.81. The normalized spacial score (nSPS) is 11.1. The molecule has 152 valence electrons. The number of benzene rings is 2. The van der Waals surface area contributed by atoms with Gasteiger partial charge in [-0.1, -0.05) is 17.4 Å². The van der Waals surface area contributed by atoms with E-state index in [1.165, 1.54) is 48.5 Å². The van der Waals surface area contributed by atoms with Crippen molar-refractivity contribution in [2.75, 3.05) is 17.3 Å². The summed E-state index contributed by atoms with van der Waals surface area (Å²) in [6.45, 7) is 0. The molecule has 0 saturated heterocycles. The van der Waals surface area contributed by atoms with Crippen LogP contribution in [0.2, 0.25) is 0 Å². The lowest BCUT2D eigenvalue weighted by Gasteiger charge is -2.17. The number of urea groups is 1. The van der Waals surface area contributed by atoms with Gasteiger partial charge in [-0.25, -0.2) is 14.2 Å². The van der Waals surface area contributed by atoms with E-state index in [0.717, 1.165) is 23.5 Å². The Morgan fingerprint density at radius 3 is 2.52 bits per heavy atom. The number of halogens is 4. The van der Waals surface area contributed by atoms with Gasteiger partial charge in [-0.05, 0) is 36.4 Å². The Kier molecular flexibility index (Phi) is 5.87. The second-order valence-corrected chi connectivity index (χ2v) is 6.57. The largest absolute Gasteiger partial charge is 0.573 e. The van der Waals surface area contributed by atoms with Gasteiger partial charge in [0.1, 0.15) is 17.3 Å². The van der Waals surface area contributed by atoms with Crippen molar-refractivity contribution in [1.82, 2.24) is 4.98 Å². The Hall–Kier alpha value is -3.34. The molecule has 1 heterocycles. The zero-order valence-electron chi connectivity index (χ0n) is 14.7. The molecule has 6 nitrogen and oxygen atoms in total. The minimum absolute atomic E-state index is 0.227. The third-order valence-corrected chi connectivity index (χ3v) is 4.27. The van der Waals surface area contributed by atoms with Crippen molar-refractivity contribution in [2.45, 2.75) is 6.36 Å². The molecule has 0 aliphatic carbocycles. The van der Waals surface area contributed by atoms with Crippen molar-refractivity contribution < 1.29 is 31.8 Å². The van der Waals surface area contributed by atoms with E-state index in [-0.39, 0.29) is 10.9 Å². The molecule has 0 fully saturated rings. The summed E-state index contributed by atoms with van der Waals surface area (Å²) in [7, 11) is 1.44. The van der Waals surface area contributed by atoms with Gasteiger partial charge >= 0.3 is 12.4 Å². The van der Waals surface area contributed by atoms with Gasteiger partial charge < -0.3 is 9.47 Å². The fourth-order valence-electron chi connectivity index (χ4n) is 2.17. The van der Waals surface area contributed by atoms with Crippen LogP contribution in [0.3, 0.4) is 0 Å². The van der Waals surface area contributed by atoms with Gasteiger partial charge in [0.2, 0.25) is 5.06 Å². The number of anilines is 2. The summed E-state index contributed by atoms with van der Waals surface area (Å²) < 4.78 is 59.0. The number of hydrogen-bond acceptors (Lipinski definition) is 5. The standard InChI is InChI=1S/C18H13F4N3O3S/c1-25(12-5-7-13(8-6-12)28-18(20,21)22)17(26)24-16-23-10-15(29-16)27-14-4-2-3-11(19)9-14/h2-10H,1H3,(H,23,24,26). The van der Waals surface area contributed by atoms with Crippen LogP contribution in [0.4, 0.5) is 33.2 Å². The molecule has 1 N–H and O–H groups in total. The van der Waals surface area contributed by atoms with E-state index in [0.29, 0.717) is 10.8 Å². The van der Waals surface area contributed by atoms with Gasteiger partial charge in [0.15, 0.2) is 5.13 Å². The monoisotopic (exact) mass is 427 g/mol. The van der Waals surface area contributed by atoms with Crippen LogP contribution in [-0.4, -0.2) is 24.4 Å². The van der Waals surface area contributed by atoms with Crippen molar-refractivity contribution in [3.8, 4) is 16.6 Å². The van der Waals surface area contributed by atoms with Gasteiger partial charge in [0, 0.05) is 18.8 Å². The Bertz CT molecular complexity index is 993. The van der Waals surface area contributed by atoms with E-state index in [1.54, 1.807) is 6.07 Å². The van der Waals surface area contributed by atoms with Crippen LogP contribution in [0.25, 0.3) is 0 Å². The second kappa shape index (κ2) is 8.35. The highest BCUT2D eigenvalue weighted by Crippen LogP contribution is 2.31. The zero-order chi connectivity index (χ0) is 21.0. The lowest BCUT2D eigenvalue weighted by atomic mass is 10.3. The average molecular weight is 427 g/mol. The molecule has 3 aromatic rings. The number of carbonyl (C=O) groups is 1. The molecule has 0 unspecified atom stereocenters. The molecular formula is C18H13F4N3O3S. The van der Waals surface area contributed by atoms with E-state index in [4.69, 9.17) is 4.74 Å². The molecule has 3 rings (SSSR count). The van der Waals surface area contributed by atoms with E-state index < -0.39 is 24.0 Å². The molecule has 0 atom stereocenters. The SMILES string of the molecule is CN(C(=O)Nc1ncc(Oc2cccc(F)c2)s1)c1ccc(OC(F)(F)F)cc1. The maximum Gasteiger partial charge on any atom is 0.573 e. The minimum atomic E-state index is -4.79. The Morgan fingerprint density at radius 1 is 1.14 bits per heavy atom. The highest BCUT2D eigenvalue weighted by Gasteiger charge is 2.31. The van der Waals surface area contributed by atoms with Gasteiger partial charge in [-0.2, -0.15) is 0 Å². The molecule has 0 radical (unpaired) electrons. The molecule has 0 spiro atoms. The molecular weight excluding hydrogens is 414 g/mol. The molecule has 0 aliphatic heterocycles. The van der Waals surface area contributed by atoms with E-state index >= 15 is 0 Å². The molecule has 0 aliphatic rings. The third kappa shape index (κ3) is 5.82. The second-order valence-electron chi connectivity index (χ2n) is 5.57. The molecule has 11 heteroatoms. The topological polar surface area (TPSA) is 63.7 Å². The first-order valence-electron chi connectivity index (χ1n) is 7.99. The van der Waals surface area contributed by atoms with Crippen LogP contribution in [0.15, 0.2) is 54.7 Å². The number of hydrogen-bond donors (Lipinski definition) is 1. The zero-order valence-corrected chi connectivity index (χ0v) is 15.6. The highest BCUT2D eigenvalue weighted by molar-refractivity contribution is 7.17. The number of thiazole rings is 1. The number of alkyl halides is 3. The molecule has 0 saturated carbocycles. The number of aromatic nitrogens is 1. The lowest BCUT2D eigenvalue weighted by Crippen LogP contribution is -2.31. The van der Waals surface area contributed by atoms with Crippen LogP contribution < -0.4 is 19.7 Å². The van der Waals surface area contributed by atoms with Crippen molar-refractivity contribution in [3.05, 3.63) is 60.5 Å². The van der Waals surface area contributed by atoms with E-state index in [9.17, 15) is 22.4 Å². The fourth-order valence-corrected chi connectivity index (χ4v) is 2.85. The Morgan fingerprint density at radius 2 is 1.86 bits per heavy atom. The predicted molar refractivity (Wildman–Crippen MR) is 99.1 cm³/mol. The number of carbonyl (C=O) groups excluding carboxylic acids is 1. The Balaban J connectivity index is 1.60. The fraction of sp³-hybridized carbons (Fsp3) is 0.111. The van der Waals surface area contributed by atoms with Crippen molar-refractivity contribution in [3.63, 3.8) is 0 Å². The van der Waals surface area contributed by atoms with Gasteiger partial charge in [-0.15, -0.1) is 13.2 Å². The average Bonchev–Trinajstić information content (AvgIpc) is 3.07. The van der Waals surface area contributed by atoms with Gasteiger partial charge in [-0.3, -0.25) is 10.2 Å². The van der Waals surface area contributed by atoms with E-state index in [1.807, 2.05) is 0 Å². The van der Waals surface area contributed by atoms with Crippen molar-refractivity contribution in [1.29, 1.82) is 0 Å². The summed E-state index contributed by atoms with van der Waals surface area (Å²) in [6.07, 6.45) is -3.42. The summed E-state index contributed by atoms with van der Waals surface area (Å²) >= 11 is 1.02. The molecule has 2 amide bonds. The summed E-state index contributed by atoms with van der Waals surface area (Å²) in [6, 6.07) is 9.79. The summed E-state index contributed by atoms with van der Waals surface area (Å²) in [5.74, 6) is -0.562. The minimum Gasteiger partial charge on any atom is -0.445 e. The first-order chi connectivity index (χ1) is 13.7. The quantitative estimate of drug-likeness (QED) is 0.535. The number of nitrogens with one attached hydrogen (secondary N) is 1. The van der Waals surface area contributed by atoms with Crippen LogP contribution >= 0.6 is 11.3 Å². The summed E-state index contributed by atoms with van der Waals surface area (Å²) in [4.78, 5) is 17.5. The Labute approximate surface area is 166 Å². The smallest absolute Gasteiger partial charge is 0.445 e. The lowest BCUT2D eigenvalue weighted by molar-refractivity contribution is -0.274. The van der Waals surface area contributed by atoms with Crippen molar-refractivity contribution in [2.24, 2.45) is 0 Å². The highest BCUT2D eigenvalue weighted by atomic mass is 32.1. The molecule has 0 bridgehead atoms. The number of amides is 2.